The summed E-state index contributed by atoms with van der Waals surface area (Å²) in [7, 11) is 1.66. The number of primary amides is 1. The molecule has 0 unspecified atom stereocenters. The first-order valence-electron chi connectivity index (χ1n) is 10.3. The Hall–Kier alpha value is -2.52. The van der Waals surface area contributed by atoms with Gasteiger partial charge in [-0.25, -0.2) is 4.68 Å². The van der Waals surface area contributed by atoms with E-state index in [1.54, 1.807) is 7.11 Å². The summed E-state index contributed by atoms with van der Waals surface area (Å²) in [6.07, 6.45) is 3.83. The maximum Gasteiger partial charge on any atom is 0.220 e. The number of aromatic nitrogens is 4. The van der Waals surface area contributed by atoms with Gasteiger partial charge in [0.25, 0.3) is 0 Å². The second-order valence-electron chi connectivity index (χ2n) is 7.90. The summed E-state index contributed by atoms with van der Waals surface area (Å²) in [6, 6.07) is 8.05. The summed E-state index contributed by atoms with van der Waals surface area (Å²) in [5.41, 5.74) is 6.66. The summed E-state index contributed by atoms with van der Waals surface area (Å²) in [5.74, 6) is 1.40. The average molecular weight is 401 g/mol. The Balaban J connectivity index is 1.62. The van der Waals surface area contributed by atoms with Crippen LogP contribution in [0.3, 0.4) is 0 Å². The van der Waals surface area contributed by atoms with Gasteiger partial charge < -0.3 is 20.1 Å². The summed E-state index contributed by atoms with van der Waals surface area (Å²) in [5, 5.41) is 12.6. The van der Waals surface area contributed by atoms with E-state index in [0.717, 1.165) is 62.5 Å². The van der Waals surface area contributed by atoms with Crippen LogP contribution in [-0.4, -0.2) is 59.0 Å². The van der Waals surface area contributed by atoms with Crippen LogP contribution in [0.15, 0.2) is 24.3 Å². The molecular formula is C20H29N6O3+. The second kappa shape index (κ2) is 8.87. The van der Waals surface area contributed by atoms with E-state index in [0.29, 0.717) is 6.54 Å². The number of rotatable bonds is 7. The highest BCUT2D eigenvalue weighted by Gasteiger charge is 2.36. The van der Waals surface area contributed by atoms with Crippen molar-refractivity contribution in [2.75, 3.05) is 26.8 Å². The number of methoxy groups -OCH3 is 1. The van der Waals surface area contributed by atoms with Crippen molar-refractivity contribution in [1.29, 1.82) is 0 Å². The molecule has 1 amide bonds. The molecule has 4 rings (SSSR count). The number of amides is 1. The zero-order valence-corrected chi connectivity index (χ0v) is 16.8. The Morgan fingerprint density at radius 1 is 1.31 bits per heavy atom. The predicted octanol–water partition coefficient (Wildman–Crippen LogP) is -0.270. The molecule has 0 spiro atoms. The number of nitrogens with two attached hydrogens (primary N) is 1. The van der Waals surface area contributed by atoms with Crippen LogP contribution in [0.2, 0.25) is 0 Å². The quantitative estimate of drug-likeness (QED) is 0.661. The van der Waals surface area contributed by atoms with Crippen LogP contribution in [0.5, 0.6) is 5.75 Å². The van der Waals surface area contributed by atoms with Gasteiger partial charge >= 0.3 is 0 Å². The van der Waals surface area contributed by atoms with E-state index in [1.165, 1.54) is 4.90 Å². The number of hydrogen-bond donors (Lipinski definition) is 2. The molecule has 0 saturated carbocycles. The fourth-order valence-corrected chi connectivity index (χ4v) is 4.46. The summed E-state index contributed by atoms with van der Waals surface area (Å²) in [4.78, 5) is 12.9. The zero-order chi connectivity index (χ0) is 20.2. The first-order chi connectivity index (χ1) is 14.2. The molecule has 2 fully saturated rings. The number of carbonyl (C=O) groups excluding carboxylic acids is 1. The van der Waals surface area contributed by atoms with E-state index in [2.05, 4.69) is 27.7 Å². The van der Waals surface area contributed by atoms with Gasteiger partial charge in [0, 0.05) is 30.9 Å². The van der Waals surface area contributed by atoms with Gasteiger partial charge in [0.15, 0.2) is 6.04 Å². The second-order valence-corrected chi connectivity index (χ2v) is 7.90. The summed E-state index contributed by atoms with van der Waals surface area (Å²) >= 11 is 0. The van der Waals surface area contributed by atoms with Crippen LogP contribution in [0.1, 0.15) is 43.1 Å². The van der Waals surface area contributed by atoms with Crippen molar-refractivity contribution in [3.63, 3.8) is 0 Å². The van der Waals surface area contributed by atoms with E-state index in [1.807, 2.05) is 16.8 Å². The van der Waals surface area contributed by atoms with E-state index >= 15 is 0 Å². The van der Waals surface area contributed by atoms with Crippen molar-refractivity contribution >= 4 is 5.91 Å². The molecule has 29 heavy (non-hydrogen) atoms. The first-order valence-corrected chi connectivity index (χ1v) is 10.3. The van der Waals surface area contributed by atoms with Gasteiger partial charge in [-0.3, -0.25) is 4.79 Å². The molecule has 2 saturated heterocycles. The smallest absolute Gasteiger partial charge is 0.220 e. The zero-order valence-electron chi connectivity index (χ0n) is 16.8. The molecule has 156 valence electrons. The largest absolute Gasteiger partial charge is 0.497 e. The molecule has 0 bridgehead atoms. The Labute approximate surface area is 170 Å². The molecule has 2 aliphatic rings. The lowest BCUT2D eigenvalue weighted by atomic mass is 9.93. The van der Waals surface area contributed by atoms with Crippen molar-refractivity contribution in [3.8, 4) is 5.75 Å². The third-order valence-electron chi connectivity index (χ3n) is 6.11. The van der Waals surface area contributed by atoms with Gasteiger partial charge in [0.2, 0.25) is 11.7 Å². The number of quaternary nitrogens is 1. The number of tetrazole rings is 1. The number of nitrogens with zero attached hydrogens (tertiary/aromatic N) is 4. The number of nitrogens with one attached hydrogen (secondary N) is 1. The van der Waals surface area contributed by atoms with Crippen molar-refractivity contribution in [2.24, 2.45) is 11.7 Å². The molecule has 0 radical (unpaired) electrons. The van der Waals surface area contributed by atoms with E-state index in [-0.39, 0.29) is 24.0 Å². The number of piperidine rings is 1. The third kappa shape index (κ3) is 4.40. The van der Waals surface area contributed by atoms with Crippen LogP contribution < -0.4 is 15.4 Å². The minimum Gasteiger partial charge on any atom is -0.497 e. The van der Waals surface area contributed by atoms with Crippen LogP contribution >= 0.6 is 0 Å². The van der Waals surface area contributed by atoms with Gasteiger partial charge in [-0.15, -0.1) is 5.10 Å². The maximum absolute atomic E-state index is 11.6. The fourth-order valence-electron chi connectivity index (χ4n) is 4.46. The standard InChI is InChI=1S/C20H28N6O3/c1-28-16-6-4-14(5-7-16)18(25-10-8-15(9-11-25)19(21)27)20-22-23-24-26(20)13-17-3-2-12-29-17/h4-7,15,17-18H,2-3,8-13H2,1H3,(H2,21,27)/p+1/t17-,18-/m1/s1. The minimum atomic E-state index is -0.201. The minimum absolute atomic E-state index is 0.0221. The molecular weight excluding hydrogens is 372 g/mol. The molecule has 1 aromatic carbocycles. The van der Waals surface area contributed by atoms with Crippen LogP contribution in [0, 0.1) is 5.92 Å². The Bertz CT molecular complexity index is 810. The monoisotopic (exact) mass is 401 g/mol. The highest BCUT2D eigenvalue weighted by Crippen LogP contribution is 2.23. The predicted molar refractivity (Wildman–Crippen MR) is 104 cm³/mol. The van der Waals surface area contributed by atoms with E-state index in [4.69, 9.17) is 15.2 Å². The number of benzene rings is 1. The summed E-state index contributed by atoms with van der Waals surface area (Å²) < 4.78 is 13.0. The van der Waals surface area contributed by atoms with Gasteiger partial charge in [-0.1, -0.05) is 0 Å². The average Bonchev–Trinajstić information content (AvgIpc) is 3.42. The lowest BCUT2D eigenvalue weighted by molar-refractivity contribution is -0.931. The van der Waals surface area contributed by atoms with Crippen molar-refractivity contribution in [2.45, 2.75) is 44.4 Å². The normalized spacial score (nSPS) is 25.6. The number of carbonyl (C=O) groups is 1. The number of likely N-dealkylation sites (tertiary alicyclic amines) is 1. The van der Waals surface area contributed by atoms with E-state index < -0.39 is 0 Å². The Kier molecular flexibility index (Phi) is 6.05. The van der Waals surface area contributed by atoms with Gasteiger partial charge in [0.05, 0.1) is 32.8 Å². The van der Waals surface area contributed by atoms with Gasteiger partial charge in [0.1, 0.15) is 5.75 Å². The Morgan fingerprint density at radius 3 is 2.69 bits per heavy atom. The molecule has 2 aromatic rings. The van der Waals surface area contributed by atoms with E-state index in [9.17, 15) is 4.79 Å². The number of ether oxygens (including phenoxy) is 2. The maximum atomic E-state index is 11.6. The molecule has 2 atom stereocenters. The molecule has 0 aliphatic carbocycles. The van der Waals surface area contributed by atoms with Crippen LogP contribution in [0.25, 0.3) is 0 Å². The molecule has 2 aliphatic heterocycles. The lowest BCUT2D eigenvalue weighted by Gasteiger charge is -2.33. The molecule has 3 heterocycles. The SMILES string of the molecule is COc1ccc([C@H](c2nnnn2C[C@H]2CCCO2)[NH+]2CCC(C(N)=O)CC2)cc1. The van der Waals surface area contributed by atoms with Crippen LogP contribution in [0.4, 0.5) is 0 Å². The highest BCUT2D eigenvalue weighted by atomic mass is 16.5. The van der Waals surface area contributed by atoms with Crippen molar-refractivity contribution < 1.29 is 19.2 Å². The van der Waals surface area contributed by atoms with Gasteiger partial charge in [-0.05, 0) is 47.5 Å². The fraction of sp³-hybridized carbons (Fsp3) is 0.600. The number of hydrogen-bond acceptors (Lipinski definition) is 6. The molecule has 9 heteroatoms. The lowest BCUT2D eigenvalue weighted by Crippen LogP contribution is -3.13. The third-order valence-corrected chi connectivity index (χ3v) is 6.11. The summed E-state index contributed by atoms with van der Waals surface area (Å²) in [6.45, 7) is 3.15. The molecule has 9 nitrogen and oxygen atoms in total. The van der Waals surface area contributed by atoms with Crippen LogP contribution in [-0.2, 0) is 16.1 Å². The highest BCUT2D eigenvalue weighted by molar-refractivity contribution is 5.76. The van der Waals surface area contributed by atoms with Crippen molar-refractivity contribution in [1.82, 2.24) is 20.2 Å². The first kappa shape index (κ1) is 19.8. The topological polar surface area (TPSA) is 110 Å². The Morgan fingerprint density at radius 2 is 2.07 bits per heavy atom. The van der Waals surface area contributed by atoms with Crippen molar-refractivity contribution in [3.05, 3.63) is 35.7 Å². The molecule has 3 N–H and O–H groups in total. The van der Waals surface area contributed by atoms with Gasteiger partial charge in [-0.2, -0.15) is 0 Å². The molecule has 1 aromatic heterocycles.